The second kappa shape index (κ2) is 9.68. The molecule has 0 spiro atoms. The number of allylic oxidation sites excluding steroid dienone is 1. The van der Waals surface area contributed by atoms with E-state index in [2.05, 4.69) is 40.7 Å². The fraction of sp³-hybridized carbons (Fsp3) is 0.926. The lowest BCUT2D eigenvalue weighted by molar-refractivity contribution is -0.0573. The van der Waals surface area contributed by atoms with Crippen LogP contribution >= 0.6 is 0 Å². The van der Waals surface area contributed by atoms with Crippen LogP contribution in [0.4, 0.5) is 4.70 Å². The van der Waals surface area contributed by atoms with Crippen LogP contribution in [-0.2, 0) is 0 Å². The van der Waals surface area contributed by atoms with E-state index < -0.39 is 0 Å². The summed E-state index contributed by atoms with van der Waals surface area (Å²) in [5, 5.41) is 10.2. The van der Waals surface area contributed by atoms with Crippen molar-refractivity contribution in [1.29, 1.82) is 0 Å². The number of rotatable bonds is 5. The number of aliphatic hydroxyl groups excluding tert-OH is 1. The molecule has 4 aliphatic carbocycles. The molecule has 8 atom stereocenters. The van der Waals surface area contributed by atoms with E-state index in [1.165, 1.54) is 57.8 Å². The molecule has 3 heteroatoms. The molecule has 4 rings (SSSR count). The van der Waals surface area contributed by atoms with Gasteiger partial charge in [-0.1, -0.05) is 65.5 Å². The molecule has 0 aliphatic heterocycles. The van der Waals surface area contributed by atoms with Gasteiger partial charge in [0.2, 0.25) is 0 Å². The number of halogens is 1. The van der Waals surface area contributed by atoms with E-state index >= 15 is 0 Å². The molecule has 171 valence electrons. The highest BCUT2D eigenvalue weighted by Crippen LogP contribution is 2.67. The summed E-state index contributed by atoms with van der Waals surface area (Å²) in [6.07, 6.45) is 17.2. The van der Waals surface area contributed by atoms with Crippen molar-refractivity contribution >= 4 is 8.41 Å². The molecule has 1 N–H and O–H groups in total. The van der Waals surface area contributed by atoms with Gasteiger partial charge in [-0.2, -0.15) is 0 Å². The van der Waals surface area contributed by atoms with Crippen molar-refractivity contribution in [3.05, 3.63) is 11.6 Å². The molecule has 1 unspecified atom stereocenters. The maximum atomic E-state index is 10.2. The molecule has 0 aromatic rings. The minimum atomic E-state index is -0.0766. The minimum absolute atomic E-state index is 0. The summed E-state index contributed by atoms with van der Waals surface area (Å²) in [4.78, 5) is 0. The first kappa shape index (κ1) is 26.0. The van der Waals surface area contributed by atoms with E-state index in [1.54, 1.807) is 5.57 Å². The predicted molar refractivity (Wildman–Crippen MR) is 127 cm³/mol. The van der Waals surface area contributed by atoms with Crippen molar-refractivity contribution in [2.45, 2.75) is 111 Å². The Morgan fingerprint density at radius 3 is 2.43 bits per heavy atom. The highest BCUT2D eigenvalue weighted by Gasteiger charge is 2.59. The summed E-state index contributed by atoms with van der Waals surface area (Å²) >= 11 is 0. The maximum absolute atomic E-state index is 10.2. The van der Waals surface area contributed by atoms with Crippen LogP contribution in [0.1, 0.15) is 105 Å². The molecule has 0 saturated heterocycles. The van der Waals surface area contributed by atoms with Crippen LogP contribution in [0.2, 0.25) is 0 Å². The molecule has 3 radical (unpaired) electrons. The van der Waals surface area contributed by atoms with Crippen LogP contribution in [0.25, 0.3) is 0 Å². The quantitative estimate of drug-likeness (QED) is 0.372. The van der Waals surface area contributed by atoms with Crippen molar-refractivity contribution < 1.29 is 9.81 Å². The first-order valence-corrected chi connectivity index (χ1v) is 12.6. The van der Waals surface area contributed by atoms with Gasteiger partial charge in [0.05, 0.1) is 6.10 Å². The minimum Gasteiger partial charge on any atom is -0.393 e. The topological polar surface area (TPSA) is 20.2 Å². The van der Waals surface area contributed by atoms with Gasteiger partial charge in [0.15, 0.2) is 0 Å². The van der Waals surface area contributed by atoms with Crippen LogP contribution in [-0.4, -0.2) is 19.6 Å². The second-order valence-corrected chi connectivity index (χ2v) is 12.2. The Kier molecular flexibility index (Phi) is 8.37. The zero-order chi connectivity index (χ0) is 20.1. The van der Waals surface area contributed by atoms with Crippen LogP contribution in [0.3, 0.4) is 0 Å². The monoisotopic (exact) mass is 417 g/mol. The second-order valence-electron chi connectivity index (χ2n) is 12.2. The number of hydrogen-bond acceptors (Lipinski definition) is 1. The van der Waals surface area contributed by atoms with Crippen LogP contribution < -0.4 is 0 Å². The van der Waals surface area contributed by atoms with Gasteiger partial charge in [0.25, 0.3) is 0 Å². The fourth-order valence-electron chi connectivity index (χ4n) is 8.67. The third-order valence-corrected chi connectivity index (χ3v) is 10.3. The first-order chi connectivity index (χ1) is 13.3. The number of aliphatic hydroxyl groups is 1. The van der Waals surface area contributed by atoms with E-state index in [0.29, 0.717) is 10.8 Å². The van der Waals surface area contributed by atoms with E-state index in [-0.39, 0.29) is 19.2 Å². The third-order valence-electron chi connectivity index (χ3n) is 10.3. The van der Waals surface area contributed by atoms with Crippen molar-refractivity contribution in [3.63, 3.8) is 0 Å². The Morgan fingerprint density at radius 1 is 1.00 bits per heavy atom. The van der Waals surface area contributed by atoms with E-state index in [0.717, 1.165) is 48.3 Å². The van der Waals surface area contributed by atoms with Gasteiger partial charge in [0, 0.05) is 8.41 Å². The van der Waals surface area contributed by atoms with Crippen molar-refractivity contribution in [3.8, 4) is 0 Å². The number of hydrogen-bond donors (Lipinski definition) is 1. The Labute approximate surface area is 187 Å². The summed E-state index contributed by atoms with van der Waals surface area (Å²) in [6, 6.07) is 0. The van der Waals surface area contributed by atoms with Crippen LogP contribution in [0.15, 0.2) is 11.6 Å². The van der Waals surface area contributed by atoms with Gasteiger partial charge in [0.1, 0.15) is 0 Å². The molecule has 4 aliphatic rings. The molecule has 0 aromatic heterocycles. The predicted octanol–water partition coefficient (Wildman–Crippen LogP) is 7.16. The summed E-state index contributed by atoms with van der Waals surface area (Å²) in [5.41, 5.74) is 2.60. The summed E-state index contributed by atoms with van der Waals surface area (Å²) < 4.78 is 0. The molecule has 1 nitrogen and oxygen atoms in total. The molecule has 0 bridgehead atoms. The highest BCUT2D eigenvalue weighted by atomic mass is 19.0. The Balaban J connectivity index is 0.00000160. The molecule has 30 heavy (non-hydrogen) atoms. The van der Waals surface area contributed by atoms with E-state index in [1.807, 2.05) is 0 Å². The van der Waals surface area contributed by atoms with E-state index in [4.69, 9.17) is 0 Å². The lowest BCUT2D eigenvalue weighted by atomic mass is 9.47. The van der Waals surface area contributed by atoms with Gasteiger partial charge in [-0.15, -0.1) is 0 Å². The average Bonchev–Trinajstić information content (AvgIpc) is 2.99. The Bertz CT molecular complexity index is 604. The van der Waals surface area contributed by atoms with E-state index in [9.17, 15) is 5.11 Å². The Morgan fingerprint density at radius 2 is 1.73 bits per heavy atom. The summed E-state index contributed by atoms with van der Waals surface area (Å²) in [7, 11) is 0. The molecular formula is C27H47BFO. The largest absolute Gasteiger partial charge is 0.393 e. The number of fused-ring (bicyclic) bond motifs is 5. The fourth-order valence-corrected chi connectivity index (χ4v) is 8.67. The normalized spacial score (nSPS) is 43.4. The van der Waals surface area contributed by atoms with Gasteiger partial charge in [-0.3, -0.25) is 4.70 Å². The highest BCUT2D eigenvalue weighted by molar-refractivity contribution is 5.75. The van der Waals surface area contributed by atoms with Gasteiger partial charge in [-0.25, -0.2) is 0 Å². The maximum Gasteiger partial charge on any atom is 0.0577 e. The zero-order valence-corrected chi connectivity index (χ0v) is 20.3. The SMILES string of the molecule is CC(C)CCCC(C)[C@H]1CC[C@H]2[C@@H]3CC=C4C[C@@H](O)CC[C@]4(C)[C@H]3CC[C@]12C.F.[B]. The molecule has 0 aromatic carbocycles. The van der Waals surface area contributed by atoms with Gasteiger partial charge >= 0.3 is 0 Å². The molecule has 3 fully saturated rings. The summed E-state index contributed by atoms with van der Waals surface area (Å²) in [6.45, 7) is 12.6. The smallest absolute Gasteiger partial charge is 0.0577 e. The van der Waals surface area contributed by atoms with Crippen LogP contribution in [0, 0.1) is 46.3 Å². The van der Waals surface area contributed by atoms with Gasteiger partial charge < -0.3 is 5.11 Å². The summed E-state index contributed by atoms with van der Waals surface area (Å²) in [5.74, 6) is 5.46. The Hall–Kier alpha value is -0.305. The lowest BCUT2D eigenvalue weighted by Crippen LogP contribution is -2.50. The van der Waals surface area contributed by atoms with Crippen molar-refractivity contribution in [2.24, 2.45) is 46.3 Å². The standard InChI is InChI=1S/C27H46O.B.FH/c1-18(2)7-6-8-19(3)23-11-12-24-22-10-9-20-17-21(28)13-15-26(20,4)25(22)14-16-27(23,24)5;;/h9,18-19,21-25,28H,6-8,10-17H2,1-5H3;;1H/t19?,21-,22-,23+,24-,25-,26-,27+;;/m0../s1. The molecular weight excluding hydrogens is 370 g/mol. The third kappa shape index (κ3) is 4.31. The zero-order valence-electron chi connectivity index (χ0n) is 20.3. The van der Waals surface area contributed by atoms with Crippen LogP contribution in [0.5, 0.6) is 0 Å². The van der Waals surface area contributed by atoms with Crippen molar-refractivity contribution in [1.82, 2.24) is 0 Å². The lowest BCUT2D eigenvalue weighted by Gasteiger charge is -2.58. The average molecular weight is 417 g/mol. The molecule has 3 saturated carbocycles. The van der Waals surface area contributed by atoms with Crippen molar-refractivity contribution in [2.75, 3.05) is 0 Å². The van der Waals surface area contributed by atoms with Gasteiger partial charge in [-0.05, 0) is 97.7 Å². The molecule has 0 amide bonds. The molecule has 0 heterocycles. The first-order valence-electron chi connectivity index (χ1n) is 12.6.